The molecule has 2 aromatic rings. The number of halogens is 1. The molecule has 3 heterocycles. The molecule has 3 rings (SSSR count). The van der Waals surface area contributed by atoms with Gasteiger partial charge in [-0.15, -0.1) is 11.6 Å². The second kappa shape index (κ2) is 5.37. The zero-order valence-corrected chi connectivity index (χ0v) is 13.0. The van der Waals surface area contributed by atoms with Crippen LogP contribution in [0, 0.1) is 6.92 Å². The van der Waals surface area contributed by atoms with Gasteiger partial charge in [-0.05, 0) is 33.6 Å². The third-order valence-corrected chi connectivity index (χ3v) is 4.12. The number of hydrogen-bond donors (Lipinski definition) is 0. The molecule has 2 aromatic heterocycles. The van der Waals surface area contributed by atoms with Gasteiger partial charge in [0.25, 0.3) is 0 Å². The van der Waals surface area contributed by atoms with Gasteiger partial charge in [-0.3, -0.25) is 0 Å². The maximum absolute atomic E-state index is 6.35. The second-order valence-electron chi connectivity index (χ2n) is 5.40. The number of nitrogens with zero attached hydrogens (tertiary/aromatic N) is 4. The van der Waals surface area contributed by atoms with Gasteiger partial charge in [0.2, 0.25) is 0 Å². The molecule has 0 amide bonds. The van der Waals surface area contributed by atoms with Crippen LogP contribution in [-0.2, 0) is 11.3 Å². The molecule has 0 aliphatic carbocycles. The molecule has 20 heavy (non-hydrogen) atoms. The minimum Gasteiger partial charge on any atom is -0.379 e. The van der Waals surface area contributed by atoms with Gasteiger partial charge in [0, 0.05) is 13.2 Å². The number of rotatable bonds is 3. The first-order valence-corrected chi connectivity index (χ1v) is 7.74. The molecular weight excluding hydrogens is 276 g/mol. The number of imidazole rings is 1. The first kappa shape index (κ1) is 13.9. The van der Waals surface area contributed by atoms with E-state index in [0.717, 1.165) is 55.3 Å². The van der Waals surface area contributed by atoms with Crippen molar-refractivity contribution in [1.82, 2.24) is 19.3 Å². The van der Waals surface area contributed by atoms with Crippen molar-refractivity contribution in [3.8, 4) is 0 Å². The number of hydrogen-bond acceptors (Lipinski definition) is 3. The average molecular weight is 297 g/mol. The Balaban J connectivity index is 2.21. The van der Waals surface area contributed by atoms with E-state index in [-0.39, 0.29) is 5.38 Å². The van der Waals surface area contributed by atoms with Crippen LogP contribution >= 0.6 is 11.6 Å². The van der Waals surface area contributed by atoms with E-state index < -0.39 is 0 Å². The highest BCUT2D eigenvalue weighted by Crippen LogP contribution is 2.32. The highest BCUT2D eigenvalue weighted by Gasteiger charge is 2.27. The van der Waals surface area contributed by atoms with Crippen LogP contribution in [0.25, 0.3) is 11.2 Å². The van der Waals surface area contributed by atoms with Crippen molar-refractivity contribution in [2.75, 3.05) is 13.2 Å². The lowest BCUT2D eigenvalue weighted by molar-refractivity contribution is 0.0591. The van der Waals surface area contributed by atoms with Crippen molar-refractivity contribution in [2.24, 2.45) is 0 Å². The van der Waals surface area contributed by atoms with E-state index in [1.807, 2.05) is 18.5 Å². The highest BCUT2D eigenvalue weighted by atomic mass is 35.5. The summed E-state index contributed by atoms with van der Waals surface area (Å²) in [6.45, 7) is 8.50. The van der Waals surface area contributed by atoms with E-state index in [2.05, 4.69) is 16.6 Å². The minimum absolute atomic E-state index is 0.117. The van der Waals surface area contributed by atoms with Gasteiger partial charge in [0.15, 0.2) is 5.65 Å². The summed E-state index contributed by atoms with van der Waals surface area (Å²) in [6, 6.07) is 0.311. The maximum Gasteiger partial charge on any atom is 0.159 e. The SMILES string of the molecule is CCn1nc(C)c2nc(C(C)Cl)n(C3CCCOC3)c21. The van der Waals surface area contributed by atoms with E-state index in [1.54, 1.807) is 0 Å². The predicted molar refractivity (Wildman–Crippen MR) is 79.3 cm³/mol. The number of fused-ring (bicyclic) bond motifs is 1. The van der Waals surface area contributed by atoms with Crippen molar-refractivity contribution in [2.45, 2.75) is 51.6 Å². The van der Waals surface area contributed by atoms with Crippen LogP contribution in [-0.4, -0.2) is 32.5 Å². The molecule has 6 heteroatoms. The van der Waals surface area contributed by atoms with Gasteiger partial charge in [-0.2, -0.15) is 5.10 Å². The number of alkyl halides is 1. The Labute approximate surface area is 123 Å². The summed E-state index contributed by atoms with van der Waals surface area (Å²) in [7, 11) is 0. The zero-order chi connectivity index (χ0) is 14.3. The summed E-state index contributed by atoms with van der Waals surface area (Å²) < 4.78 is 9.93. The molecule has 0 aromatic carbocycles. The molecule has 110 valence electrons. The van der Waals surface area contributed by atoms with Crippen LogP contribution < -0.4 is 0 Å². The smallest absolute Gasteiger partial charge is 0.159 e. The summed E-state index contributed by atoms with van der Waals surface area (Å²) >= 11 is 6.35. The maximum atomic E-state index is 6.35. The van der Waals surface area contributed by atoms with Gasteiger partial charge in [0.05, 0.1) is 23.7 Å². The molecule has 2 unspecified atom stereocenters. The number of aromatic nitrogens is 4. The van der Waals surface area contributed by atoms with Crippen LogP contribution in [0.5, 0.6) is 0 Å². The van der Waals surface area contributed by atoms with Crippen molar-refractivity contribution in [3.05, 3.63) is 11.5 Å². The van der Waals surface area contributed by atoms with Crippen molar-refractivity contribution in [1.29, 1.82) is 0 Å². The fraction of sp³-hybridized carbons (Fsp3) is 0.714. The molecule has 2 atom stereocenters. The van der Waals surface area contributed by atoms with Gasteiger partial charge in [-0.25, -0.2) is 9.67 Å². The molecule has 0 spiro atoms. The lowest BCUT2D eigenvalue weighted by Gasteiger charge is -2.26. The summed E-state index contributed by atoms with van der Waals surface area (Å²) in [5, 5.41) is 4.46. The van der Waals surface area contributed by atoms with Crippen molar-refractivity contribution < 1.29 is 4.74 Å². The largest absolute Gasteiger partial charge is 0.379 e. The minimum atomic E-state index is -0.117. The predicted octanol–water partition coefficient (Wildman–Crippen LogP) is 3.21. The van der Waals surface area contributed by atoms with Crippen molar-refractivity contribution >= 4 is 22.8 Å². The summed E-state index contributed by atoms with van der Waals surface area (Å²) in [6.07, 6.45) is 2.19. The molecule has 0 radical (unpaired) electrons. The monoisotopic (exact) mass is 296 g/mol. The molecule has 0 saturated carbocycles. The standard InChI is InChI=1S/C14H21ClN4O/c1-4-18-14-12(10(3)17-18)16-13(9(2)15)19(14)11-6-5-7-20-8-11/h9,11H,4-8H2,1-3H3. The van der Waals surface area contributed by atoms with E-state index in [1.165, 1.54) is 0 Å². The van der Waals surface area contributed by atoms with Crippen LogP contribution in [0.3, 0.4) is 0 Å². The Hall–Kier alpha value is -1.07. The second-order valence-corrected chi connectivity index (χ2v) is 6.06. The first-order chi connectivity index (χ1) is 9.63. The number of ether oxygens (including phenoxy) is 1. The molecule has 1 aliphatic heterocycles. The zero-order valence-electron chi connectivity index (χ0n) is 12.3. The van der Waals surface area contributed by atoms with Gasteiger partial charge < -0.3 is 9.30 Å². The molecule has 1 aliphatic rings. The molecule has 1 fully saturated rings. The average Bonchev–Trinajstić information content (AvgIpc) is 2.98. The lowest BCUT2D eigenvalue weighted by atomic mass is 10.1. The third kappa shape index (κ3) is 2.13. The fourth-order valence-electron chi connectivity index (χ4n) is 2.99. The van der Waals surface area contributed by atoms with E-state index in [0.29, 0.717) is 6.04 Å². The van der Waals surface area contributed by atoms with Gasteiger partial charge >= 0.3 is 0 Å². The van der Waals surface area contributed by atoms with E-state index in [4.69, 9.17) is 21.3 Å². The van der Waals surface area contributed by atoms with E-state index >= 15 is 0 Å². The third-order valence-electron chi connectivity index (χ3n) is 3.93. The Morgan fingerprint density at radius 1 is 1.50 bits per heavy atom. The Bertz CT molecular complexity index is 610. The number of aryl methyl sites for hydroxylation is 2. The molecule has 0 bridgehead atoms. The quantitative estimate of drug-likeness (QED) is 0.817. The Morgan fingerprint density at radius 3 is 2.90 bits per heavy atom. The fourth-order valence-corrected chi connectivity index (χ4v) is 3.15. The van der Waals surface area contributed by atoms with Gasteiger partial charge in [0.1, 0.15) is 11.3 Å². The lowest BCUT2D eigenvalue weighted by Crippen LogP contribution is -2.24. The highest BCUT2D eigenvalue weighted by molar-refractivity contribution is 6.20. The Morgan fingerprint density at radius 2 is 2.30 bits per heavy atom. The van der Waals surface area contributed by atoms with Crippen LogP contribution in [0.4, 0.5) is 0 Å². The molecule has 0 N–H and O–H groups in total. The van der Waals surface area contributed by atoms with Gasteiger partial charge in [-0.1, -0.05) is 0 Å². The summed E-state index contributed by atoms with van der Waals surface area (Å²) in [4.78, 5) is 4.75. The van der Waals surface area contributed by atoms with Crippen molar-refractivity contribution in [3.63, 3.8) is 0 Å². The van der Waals surface area contributed by atoms with Crippen LogP contribution in [0.15, 0.2) is 0 Å². The Kier molecular flexibility index (Phi) is 3.73. The van der Waals surface area contributed by atoms with Crippen LogP contribution in [0.2, 0.25) is 0 Å². The first-order valence-electron chi connectivity index (χ1n) is 7.30. The summed E-state index contributed by atoms with van der Waals surface area (Å²) in [5.41, 5.74) is 3.03. The molecule has 5 nitrogen and oxygen atoms in total. The summed E-state index contributed by atoms with van der Waals surface area (Å²) in [5.74, 6) is 0.930. The topological polar surface area (TPSA) is 44.9 Å². The normalized spacial score (nSPS) is 21.5. The molecule has 1 saturated heterocycles. The van der Waals surface area contributed by atoms with E-state index in [9.17, 15) is 0 Å². The van der Waals surface area contributed by atoms with Crippen LogP contribution in [0.1, 0.15) is 49.6 Å². The molecular formula is C14H21ClN4O.